The smallest absolute Gasteiger partial charge is 0.191 e. The van der Waals surface area contributed by atoms with Crippen molar-refractivity contribution in [3.63, 3.8) is 0 Å². The van der Waals surface area contributed by atoms with Crippen LogP contribution in [0.25, 0.3) is 10.9 Å². The number of pyridine rings is 1. The number of fused-ring (bicyclic) bond motifs is 1. The average molecular weight is 474 g/mol. The van der Waals surface area contributed by atoms with E-state index in [-0.39, 0.29) is 6.10 Å². The lowest BCUT2D eigenvalue weighted by Crippen LogP contribution is -2.23. The van der Waals surface area contributed by atoms with Crippen molar-refractivity contribution in [2.45, 2.75) is 56.4 Å². The van der Waals surface area contributed by atoms with Crippen LogP contribution in [0.2, 0.25) is 0 Å². The molecule has 0 unspecified atom stereocenters. The van der Waals surface area contributed by atoms with Gasteiger partial charge in [0, 0.05) is 30.5 Å². The zero-order chi connectivity index (χ0) is 23.3. The van der Waals surface area contributed by atoms with Crippen LogP contribution in [0, 0.1) is 6.92 Å². The van der Waals surface area contributed by atoms with Crippen LogP contribution in [0.3, 0.4) is 0 Å². The van der Waals surface area contributed by atoms with Crippen LogP contribution >= 0.6 is 11.8 Å². The Morgan fingerprint density at radius 3 is 2.85 bits per heavy atom. The van der Waals surface area contributed by atoms with Gasteiger partial charge in [-0.1, -0.05) is 48.2 Å². The van der Waals surface area contributed by atoms with E-state index in [1.807, 2.05) is 12.3 Å². The SMILES string of the molecule is Cc1ccccc1CSc1nnc(CN(C)Cc2ccc3ncccc3c2)n1C[C@H]1CCCO1. The van der Waals surface area contributed by atoms with Gasteiger partial charge >= 0.3 is 0 Å². The van der Waals surface area contributed by atoms with E-state index in [0.29, 0.717) is 0 Å². The summed E-state index contributed by atoms with van der Waals surface area (Å²) in [6.45, 7) is 5.40. The summed E-state index contributed by atoms with van der Waals surface area (Å²) in [5.41, 5.74) is 4.94. The molecule has 176 valence electrons. The van der Waals surface area contributed by atoms with Gasteiger partial charge in [-0.05, 0) is 61.7 Å². The Morgan fingerprint density at radius 1 is 1.09 bits per heavy atom. The lowest BCUT2D eigenvalue weighted by Gasteiger charge is -2.19. The maximum atomic E-state index is 5.95. The number of hydrogen-bond donors (Lipinski definition) is 0. The van der Waals surface area contributed by atoms with Crippen LogP contribution in [-0.4, -0.2) is 44.4 Å². The highest BCUT2D eigenvalue weighted by Gasteiger charge is 2.22. The first-order valence-electron chi connectivity index (χ1n) is 11.9. The summed E-state index contributed by atoms with van der Waals surface area (Å²) in [7, 11) is 2.14. The molecular weight excluding hydrogens is 442 g/mol. The Kier molecular flexibility index (Phi) is 7.23. The molecule has 0 amide bonds. The molecule has 3 heterocycles. The first-order valence-corrected chi connectivity index (χ1v) is 12.9. The number of hydrogen-bond acceptors (Lipinski definition) is 6. The van der Waals surface area contributed by atoms with Crippen molar-refractivity contribution in [1.29, 1.82) is 0 Å². The quantitative estimate of drug-likeness (QED) is 0.310. The number of ether oxygens (including phenoxy) is 1. The molecule has 2 aromatic carbocycles. The van der Waals surface area contributed by atoms with E-state index in [9.17, 15) is 0 Å². The average Bonchev–Trinajstić information content (AvgIpc) is 3.49. The number of aromatic nitrogens is 4. The van der Waals surface area contributed by atoms with E-state index in [4.69, 9.17) is 4.74 Å². The molecule has 0 saturated carbocycles. The second kappa shape index (κ2) is 10.7. The molecule has 1 aliphatic rings. The van der Waals surface area contributed by atoms with E-state index in [1.165, 1.54) is 22.1 Å². The van der Waals surface area contributed by atoms with Gasteiger partial charge < -0.3 is 9.30 Å². The van der Waals surface area contributed by atoms with Crippen molar-refractivity contribution in [1.82, 2.24) is 24.6 Å². The first-order chi connectivity index (χ1) is 16.7. The van der Waals surface area contributed by atoms with Crippen molar-refractivity contribution in [3.8, 4) is 0 Å². The van der Waals surface area contributed by atoms with E-state index < -0.39 is 0 Å². The standard InChI is InChI=1S/C27H31N5OS/c1-20-7-3-4-8-23(20)19-34-27-30-29-26(32(27)17-24-10-6-14-33-24)18-31(2)16-21-11-12-25-22(15-21)9-5-13-28-25/h3-5,7-9,11-13,15,24H,6,10,14,16-19H2,1-2H3/t24-/m1/s1. The Balaban J connectivity index is 1.31. The minimum Gasteiger partial charge on any atom is -0.376 e. The van der Waals surface area contributed by atoms with Gasteiger partial charge in [0.15, 0.2) is 5.16 Å². The summed E-state index contributed by atoms with van der Waals surface area (Å²) in [4.78, 5) is 6.72. The van der Waals surface area contributed by atoms with Crippen molar-refractivity contribution in [2.75, 3.05) is 13.7 Å². The highest BCUT2D eigenvalue weighted by atomic mass is 32.2. The summed E-state index contributed by atoms with van der Waals surface area (Å²) >= 11 is 1.76. The number of rotatable bonds is 9. The Labute approximate surface area is 205 Å². The summed E-state index contributed by atoms with van der Waals surface area (Å²) in [6.07, 6.45) is 4.31. The third-order valence-corrected chi connectivity index (χ3v) is 7.37. The fraction of sp³-hybridized carbons (Fsp3) is 0.370. The topological polar surface area (TPSA) is 56.1 Å². The summed E-state index contributed by atoms with van der Waals surface area (Å²) in [5, 5.41) is 11.3. The molecule has 0 N–H and O–H groups in total. The van der Waals surface area contributed by atoms with Crippen LogP contribution < -0.4 is 0 Å². The molecule has 0 radical (unpaired) electrons. The van der Waals surface area contributed by atoms with Gasteiger partial charge in [-0.3, -0.25) is 9.88 Å². The molecule has 34 heavy (non-hydrogen) atoms. The maximum absolute atomic E-state index is 5.95. The molecule has 1 atom stereocenters. The number of aryl methyl sites for hydroxylation is 1. The van der Waals surface area contributed by atoms with Crippen molar-refractivity contribution in [2.24, 2.45) is 0 Å². The zero-order valence-electron chi connectivity index (χ0n) is 19.9. The van der Waals surface area contributed by atoms with Crippen LogP contribution in [-0.2, 0) is 30.1 Å². The first kappa shape index (κ1) is 23.0. The molecule has 0 spiro atoms. The fourth-order valence-corrected chi connectivity index (χ4v) is 5.51. The van der Waals surface area contributed by atoms with Crippen molar-refractivity contribution >= 4 is 22.7 Å². The second-order valence-corrected chi connectivity index (χ2v) is 10.0. The summed E-state index contributed by atoms with van der Waals surface area (Å²) in [5.74, 6) is 1.88. The van der Waals surface area contributed by atoms with E-state index in [1.54, 1.807) is 11.8 Å². The van der Waals surface area contributed by atoms with Crippen LogP contribution in [0.15, 0.2) is 66.0 Å². The van der Waals surface area contributed by atoms with Gasteiger partial charge in [-0.15, -0.1) is 10.2 Å². The number of benzene rings is 2. The third-order valence-electron chi connectivity index (χ3n) is 6.35. The number of thioether (sulfide) groups is 1. The highest BCUT2D eigenvalue weighted by molar-refractivity contribution is 7.98. The lowest BCUT2D eigenvalue weighted by molar-refractivity contribution is 0.0934. The molecule has 0 aliphatic carbocycles. The van der Waals surface area contributed by atoms with E-state index in [2.05, 4.69) is 87.2 Å². The van der Waals surface area contributed by atoms with E-state index in [0.717, 1.165) is 61.3 Å². The Hall–Kier alpha value is -2.74. The molecule has 4 aromatic rings. The van der Waals surface area contributed by atoms with Crippen LogP contribution in [0.4, 0.5) is 0 Å². The molecule has 1 aliphatic heterocycles. The fourth-order valence-electron chi connectivity index (χ4n) is 4.46. The largest absolute Gasteiger partial charge is 0.376 e. The van der Waals surface area contributed by atoms with Crippen LogP contribution in [0.1, 0.15) is 35.4 Å². The van der Waals surface area contributed by atoms with E-state index >= 15 is 0 Å². The normalized spacial score (nSPS) is 16.0. The number of nitrogens with zero attached hydrogens (tertiary/aromatic N) is 5. The molecular formula is C27H31N5OS. The van der Waals surface area contributed by atoms with Gasteiger partial charge in [-0.2, -0.15) is 0 Å². The highest BCUT2D eigenvalue weighted by Crippen LogP contribution is 2.26. The third kappa shape index (κ3) is 5.49. The molecule has 7 heteroatoms. The van der Waals surface area contributed by atoms with Gasteiger partial charge in [-0.25, -0.2) is 0 Å². The van der Waals surface area contributed by atoms with Crippen LogP contribution in [0.5, 0.6) is 0 Å². The molecule has 6 nitrogen and oxygen atoms in total. The van der Waals surface area contributed by atoms with Crippen molar-refractivity contribution in [3.05, 3.63) is 83.3 Å². The Morgan fingerprint density at radius 2 is 2.00 bits per heavy atom. The Bertz CT molecular complexity index is 1250. The monoisotopic (exact) mass is 473 g/mol. The lowest BCUT2D eigenvalue weighted by atomic mass is 10.1. The predicted molar refractivity (Wildman–Crippen MR) is 137 cm³/mol. The van der Waals surface area contributed by atoms with Crippen molar-refractivity contribution < 1.29 is 4.74 Å². The molecule has 5 rings (SSSR count). The summed E-state index contributed by atoms with van der Waals surface area (Å²) in [6, 6.07) is 19.1. The van der Waals surface area contributed by atoms with Gasteiger partial charge in [0.2, 0.25) is 0 Å². The van der Waals surface area contributed by atoms with Gasteiger partial charge in [0.05, 0.1) is 24.7 Å². The zero-order valence-corrected chi connectivity index (χ0v) is 20.7. The minimum atomic E-state index is 0.242. The molecule has 1 saturated heterocycles. The molecule has 0 bridgehead atoms. The summed E-state index contributed by atoms with van der Waals surface area (Å²) < 4.78 is 8.23. The second-order valence-electron chi connectivity index (χ2n) is 9.06. The molecule has 1 fully saturated rings. The van der Waals surface area contributed by atoms with Gasteiger partial charge in [0.25, 0.3) is 0 Å². The minimum absolute atomic E-state index is 0.242. The maximum Gasteiger partial charge on any atom is 0.191 e. The molecule has 2 aromatic heterocycles. The predicted octanol–water partition coefficient (Wildman–Crippen LogP) is 5.24. The van der Waals surface area contributed by atoms with Gasteiger partial charge in [0.1, 0.15) is 5.82 Å².